The minimum Gasteiger partial charge on any atom is -0.289 e. The molecule has 0 saturated carbocycles. The summed E-state index contributed by atoms with van der Waals surface area (Å²) in [7, 11) is 0. The lowest BCUT2D eigenvalue weighted by molar-refractivity contribution is 0.103. The lowest BCUT2D eigenvalue weighted by Crippen LogP contribution is -2.02. The van der Waals surface area contributed by atoms with Gasteiger partial charge in [-0.3, -0.25) is 4.79 Å². The van der Waals surface area contributed by atoms with E-state index in [0.29, 0.717) is 6.42 Å². The molecule has 0 aromatic heterocycles. The molecule has 2 rings (SSSR count). The van der Waals surface area contributed by atoms with E-state index in [1.165, 1.54) is 5.57 Å². The lowest BCUT2D eigenvalue weighted by Gasteiger charge is -2.02. The summed E-state index contributed by atoms with van der Waals surface area (Å²) < 4.78 is 0. The first kappa shape index (κ1) is 10.6. The van der Waals surface area contributed by atoms with Crippen LogP contribution in [-0.2, 0) is 0 Å². The highest BCUT2D eigenvalue weighted by Crippen LogP contribution is 2.16. The zero-order valence-corrected chi connectivity index (χ0v) is 9.31. The second-order valence-electron chi connectivity index (χ2n) is 3.90. The summed E-state index contributed by atoms with van der Waals surface area (Å²) in [6.45, 7) is 2.03. The Hall–Kier alpha value is -1.89. The van der Waals surface area contributed by atoms with Crippen molar-refractivity contribution in [3.63, 3.8) is 0 Å². The van der Waals surface area contributed by atoms with Gasteiger partial charge in [0.15, 0.2) is 5.78 Å². The number of rotatable bonds is 2. The smallest absolute Gasteiger partial charge is 0.189 e. The standard InChI is InChI=1S/C15H14O/c1-12-6-5-9-14(11-10-12)15(16)13-7-3-2-4-8-13/h2-8,10-11H,9H2,1H3. The summed E-state index contributed by atoms with van der Waals surface area (Å²) in [5, 5.41) is 0. The van der Waals surface area contributed by atoms with Gasteiger partial charge in [0.05, 0.1) is 0 Å². The van der Waals surface area contributed by atoms with Crippen molar-refractivity contribution >= 4 is 5.78 Å². The molecule has 1 nitrogen and oxygen atoms in total. The topological polar surface area (TPSA) is 17.1 Å². The Morgan fingerprint density at radius 1 is 1.12 bits per heavy atom. The largest absolute Gasteiger partial charge is 0.289 e. The molecule has 0 amide bonds. The molecule has 0 radical (unpaired) electrons. The number of ketones is 1. The quantitative estimate of drug-likeness (QED) is 0.680. The molecule has 0 spiro atoms. The maximum Gasteiger partial charge on any atom is 0.189 e. The van der Waals surface area contributed by atoms with E-state index in [4.69, 9.17) is 0 Å². The minimum atomic E-state index is 0.121. The Morgan fingerprint density at radius 3 is 2.62 bits per heavy atom. The third-order valence-corrected chi connectivity index (χ3v) is 2.59. The van der Waals surface area contributed by atoms with Crippen LogP contribution in [0.15, 0.2) is 65.8 Å². The summed E-state index contributed by atoms with van der Waals surface area (Å²) in [6.07, 6.45) is 8.69. The van der Waals surface area contributed by atoms with Crippen LogP contribution in [0.3, 0.4) is 0 Å². The average molecular weight is 210 g/mol. The van der Waals surface area contributed by atoms with Crippen LogP contribution < -0.4 is 0 Å². The van der Waals surface area contributed by atoms with Crippen LogP contribution in [0.5, 0.6) is 0 Å². The summed E-state index contributed by atoms with van der Waals surface area (Å²) in [6, 6.07) is 9.41. The third kappa shape index (κ3) is 2.37. The Kier molecular flexibility index (Phi) is 3.16. The molecule has 1 aromatic rings. The second-order valence-corrected chi connectivity index (χ2v) is 3.90. The van der Waals surface area contributed by atoms with Crippen molar-refractivity contribution in [1.29, 1.82) is 0 Å². The van der Waals surface area contributed by atoms with E-state index < -0.39 is 0 Å². The van der Waals surface area contributed by atoms with E-state index in [9.17, 15) is 4.79 Å². The molecule has 0 unspecified atom stereocenters. The van der Waals surface area contributed by atoms with Crippen molar-refractivity contribution in [2.24, 2.45) is 0 Å². The van der Waals surface area contributed by atoms with Gasteiger partial charge in [0.1, 0.15) is 0 Å². The number of carbonyl (C=O) groups excluding carboxylic acids is 1. The van der Waals surface area contributed by atoms with Gasteiger partial charge in [0.25, 0.3) is 0 Å². The Balaban J connectivity index is 2.27. The fourth-order valence-corrected chi connectivity index (χ4v) is 1.67. The Bertz CT molecular complexity index is 475. The molecule has 16 heavy (non-hydrogen) atoms. The molecular weight excluding hydrogens is 196 g/mol. The highest BCUT2D eigenvalue weighted by atomic mass is 16.1. The van der Waals surface area contributed by atoms with Gasteiger partial charge in [-0.25, -0.2) is 0 Å². The van der Waals surface area contributed by atoms with Crippen molar-refractivity contribution in [1.82, 2.24) is 0 Å². The molecule has 0 saturated heterocycles. The normalized spacial score (nSPS) is 15.1. The number of allylic oxidation sites excluding steroid dienone is 6. The first-order valence-corrected chi connectivity index (χ1v) is 5.41. The fourth-order valence-electron chi connectivity index (χ4n) is 1.67. The van der Waals surface area contributed by atoms with Crippen molar-refractivity contribution in [2.45, 2.75) is 13.3 Å². The fraction of sp³-hybridized carbons (Fsp3) is 0.133. The van der Waals surface area contributed by atoms with E-state index in [1.54, 1.807) is 0 Å². The monoisotopic (exact) mass is 210 g/mol. The number of hydrogen-bond acceptors (Lipinski definition) is 1. The molecule has 0 fully saturated rings. The van der Waals surface area contributed by atoms with E-state index in [0.717, 1.165) is 11.1 Å². The van der Waals surface area contributed by atoms with E-state index >= 15 is 0 Å². The summed E-state index contributed by atoms with van der Waals surface area (Å²) >= 11 is 0. The van der Waals surface area contributed by atoms with Gasteiger partial charge in [0.2, 0.25) is 0 Å². The van der Waals surface area contributed by atoms with Crippen LogP contribution in [0.4, 0.5) is 0 Å². The van der Waals surface area contributed by atoms with Gasteiger partial charge in [0, 0.05) is 11.1 Å². The maximum atomic E-state index is 12.1. The Morgan fingerprint density at radius 2 is 1.88 bits per heavy atom. The van der Waals surface area contributed by atoms with Crippen LogP contribution >= 0.6 is 0 Å². The summed E-state index contributed by atoms with van der Waals surface area (Å²) in [4.78, 5) is 12.1. The van der Waals surface area contributed by atoms with Crippen LogP contribution in [0.2, 0.25) is 0 Å². The number of Topliss-reactive ketones (excluding diaryl/α,β-unsaturated/α-hetero) is 1. The van der Waals surface area contributed by atoms with Crippen molar-refractivity contribution in [3.05, 3.63) is 71.3 Å². The van der Waals surface area contributed by atoms with Gasteiger partial charge < -0.3 is 0 Å². The molecular formula is C15H14O. The highest BCUT2D eigenvalue weighted by molar-refractivity contribution is 6.09. The van der Waals surface area contributed by atoms with Gasteiger partial charge in [-0.2, -0.15) is 0 Å². The SMILES string of the molecule is CC1=CC=C(C(=O)c2ccccc2)CC=C1. The number of benzene rings is 1. The zero-order valence-electron chi connectivity index (χ0n) is 9.31. The van der Waals surface area contributed by atoms with Crippen LogP contribution in [0, 0.1) is 0 Å². The van der Waals surface area contributed by atoms with Gasteiger partial charge in [-0.15, -0.1) is 0 Å². The van der Waals surface area contributed by atoms with Gasteiger partial charge in [-0.1, -0.05) is 60.2 Å². The predicted molar refractivity (Wildman–Crippen MR) is 66.4 cm³/mol. The first-order chi connectivity index (χ1) is 7.77. The number of carbonyl (C=O) groups is 1. The van der Waals surface area contributed by atoms with Crippen LogP contribution in [0.1, 0.15) is 23.7 Å². The summed E-state index contributed by atoms with van der Waals surface area (Å²) in [5.74, 6) is 0.121. The van der Waals surface area contributed by atoms with E-state index in [-0.39, 0.29) is 5.78 Å². The zero-order chi connectivity index (χ0) is 11.4. The molecule has 0 N–H and O–H groups in total. The molecule has 1 aliphatic carbocycles. The molecule has 1 aromatic carbocycles. The molecule has 80 valence electrons. The molecule has 1 heteroatoms. The number of hydrogen-bond donors (Lipinski definition) is 0. The Labute approximate surface area is 95.8 Å². The lowest BCUT2D eigenvalue weighted by atomic mass is 10.0. The van der Waals surface area contributed by atoms with E-state index in [2.05, 4.69) is 0 Å². The predicted octanol–water partition coefficient (Wildman–Crippen LogP) is 3.70. The van der Waals surface area contributed by atoms with Crippen molar-refractivity contribution in [3.8, 4) is 0 Å². The van der Waals surface area contributed by atoms with Crippen LogP contribution in [-0.4, -0.2) is 5.78 Å². The molecule has 0 heterocycles. The van der Waals surface area contributed by atoms with Crippen LogP contribution in [0.25, 0.3) is 0 Å². The first-order valence-electron chi connectivity index (χ1n) is 5.41. The molecule has 0 atom stereocenters. The van der Waals surface area contributed by atoms with Crippen molar-refractivity contribution in [2.75, 3.05) is 0 Å². The second kappa shape index (κ2) is 4.75. The molecule has 0 aliphatic heterocycles. The summed E-state index contributed by atoms with van der Waals surface area (Å²) in [5.41, 5.74) is 2.78. The van der Waals surface area contributed by atoms with Gasteiger partial charge >= 0.3 is 0 Å². The minimum absolute atomic E-state index is 0.121. The third-order valence-electron chi connectivity index (χ3n) is 2.59. The van der Waals surface area contributed by atoms with E-state index in [1.807, 2.05) is 61.6 Å². The molecule has 0 bridgehead atoms. The average Bonchev–Trinajstić information content (AvgIpc) is 2.54. The van der Waals surface area contributed by atoms with Crippen molar-refractivity contribution < 1.29 is 4.79 Å². The molecule has 1 aliphatic rings. The highest BCUT2D eigenvalue weighted by Gasteiger charge is 2.10. The maximum absolute atomic E-state index is 12.1. The van der Waals surface area contributed by atoms with Gasteiger partial charge in [-0.05, 0) is 13.3 Å².